The van der Waals surface area contributed by atoms with Gasteiger partial charge in [-0.25, -0.2) is 14.2 Å². The Labute approximate surface area is 112 Å². The Morgan fingerprint density at radius 1 is 1.45 bits per heavy atom. The van der Waals surface area contributed by atoms with Crippen LogP contribution in [0.3, 0.4) is 0 Å². The molecule has 0 amide bonds. The summed E-state index contributed by atoms with van der Waals surface area (Å²) in [7, 11) is 0. The average Bonchev–Trinajstić information content (AvgIpc) is 2.75. The molecule has 2 aromatic heterocycles. The third-order valence-corrected chi connectivity index (χ3v) is 2.35. The zero-order valence-electron chi connectivity index (χ0n) is 9.46. The van der Waals surface area contributed by atoms with Crippen LogP contribution >= 0.6 is 11.6 Å². The molecule has 0 aliphatic carbocycles. The van der Waals surface area contributed by atoms with Crippen molar-refractivity contribution in [2.24, 2.45) is 0 Å². The summed E-state index contributed by atoms with van der Waals surface area (Å²) in [5.74, 6) is 0. The number of fused-ring (bicyclic) bond motifs is 1. The smallest absolute Gasteiger partial charge is 0.290 e. The summed E-state index contributed by atoms with van der Waals surface area (Å²) in [4.78, 5) is 26.3. The van der Waals surface area contributed by atoms with Crippen molar-refractivity contribution in [2.75, 3.05) is 6.61 Å². The zero-order valence-corrected chi connectivity index (χ0v) is 10.2. The first kappa shape index (κ1) is 14.4. The van der Waals surface area contributed by atoms with Gasteiger partial charge < -0.3 is 0 Å². The quantitative estimate of drug-likeness (QED) is 0.749. The fraction of sp³-hybridized carbons (Fsp3) is 0.375. The van der Waals surface area contributed by atoms with Crippen molar-refractivity contribution < 1.29 is 22.7 Å². The molecule has 0 aromatic carbocycles. The minimum absolute atomic E-state index is 0.178. The minimum Gasteiger partial charge on any atom is -0.290 e. The number of hydrogen-bond acceptors (Lipinski definition) is 6. The maximum Gasteiger partial charge on any atom is 0.522 e. The largest absolute Gasteiger partial charge is 0.522 e. The standard InChI is InChI=1S/C8H5ClF3N5O3/c9-5(18)4-6-14-15-17(1-2-20-8(10,11)12)7(19)16(6)3-13-4/h3H,1-2H2. The van der Waals surface area contributed by atoms with Crippen LogP contribution in [-0.4, -0.2) is 42.6 Å². The fourth-order valence-electron chi connectivity index (χ4n) is 1.36. The number of rotatable bonds is 4. The number of halogens is 4. The van der Waals surface area contributed by atoms with Crippen LogP contribution in [0.4, 0.5) is 13.2 Å². The lowest BCUT2D eigenvalue weighted by Gasteiger charge is -2.07. The molecule has 0 aliphatic heterocycles. The van der Waals surface area contributed by atoms with E-state index in [2.05, 4.69) is 20.0 Å². The highest BCUT2D eigenvalue weighted by Crippen LogP contribution is 2.15. The van der Waals surface area contributed by atoms with E-state index in [4.69, 9.17) is 11.6 Å². The molecular formula is C8H5ClF3N5O3. The number of ether oxygens (including phenoxy) is 1. The Balaban J connectivity index is 2.27. The molecule has 0 unspecified atom stereocenters. The highest BCUT2D eigenvalue weighted by molar-refractivity contribution is 6.68. The van der Waals surface area contributed by atoms with Crippen molar-refractivity contribution in [1.29, 1.82) is 0 Å². The Morgan fingerprint density at radius 3 is 2.75 bits per heavy atom. The second-order valence-electron chi connectivity index (χ2n) is 3.45. The van der Waals surface area contributed by atoms with E-state index in [9.17, 15) is 22.8 Å². The molecule has 12 heteroatoms. The summed E-state index contributed by atoms with van der Waals surface area (Å²) < 4.78 is 40.4. The molecule has 8 nitrogen and oxygen atoms in total. The van der Waals surface area contributed by atoms with Crippen LogP contribution in [-0.2, 0) is 11.3 Å². The number of carbonyl (C=O) groups excluding carboxylic acids is 1. The first-order valence-corrected chi connectivity index (χ1v) is 5.39. The van der Waals surface area contributed by atoms with Crippen LogP contribution in [0.25, 0.3) is 5.65 Å². The van der Waals surface area contributed by atoms with Gasteiger partial charge in [-0.1, -0.05) is 5.21 Å². The third-order valence-electron chi connectivity index (χ3n) is 2.17. The van der Waals surface area contributed by atoms with Crippen LogP contribution in [0, 0.1) is 0 Å². The first-order chi connectivity index (χ1) is 9.29. The predicted octanol–water partition coefficient (Wildman–Crippen LogP) is 0.201. The van der Waals surface area contributed by atoms with Crippen molar-refractivity contribution in [3.05, 3.63) is 22.5 Å². The van der Waals surface area contributed by atoms with Gasteiger partial charge in [-0.3, -0.25) is 9.53 Å². The van der Waals surface area contributed by atoms with Gasteiger partial charge in [-0.2, -0.15) is 4.68 Å². The lowest BCUT2D eigenvalue weighted by Crippen LogP contribution is -2.32. The van der Waals surface area contributed by atoms with Gasteiger partial charge in [0.15, 0.2) is 11.3 Å². The SMILES string of the molecule is O=C(Cl)c1ncn2c(=O)n(CCOC(F)(F)F)nnc12. The van der Waals surface area contributed by atoms with E-state index in [1.165, 1.54) is 0 Å². The molecule has 0 atom stereocenters. The zero-order chi connectivity index (χ0) is 14.9. The molecule has 0 radical (unpaired) electrons. The lowest BCUT2D eigenvalue weighted by molar-refractivity contribution is -0.325. The highest BCUT2D eigenvalue weighted by Gasteiger charge is 2.28. The second-order valence-corrected chi connectivity index (χ2v) is 3.79. The van der Waals surface area contributed by atoms with E-state index in [0.717, 1.165) is 10.7 Å². The number of hydrogen-bond donors (Lipinski definition) is 0. The molecule has 0 bridgehead atoms. The molecule has 0 N–H and O–H groups in total. The Bertz CT molecular complexity index is 709. The molecule has 2 heterocycles. The molecule has 0 fully saturated rings. The fourth-order valence-corrected chi connectivity index (χ4v) is 1.50. The van der Waals surface area contributed by atoms with Crippen molar-refractivity contribution >= 4 is 22.5 Å². The minimum atomic E-state index is -4.80. The van der Waals surface area contributed by atoms with Gasteiger partial charge in [-0.15, -0.1) is 18.3 Å². The Kier molecular flexibility index (Phi) is 3.72. The van der Waals surface area contributed by atoms with Crippen molar-refractivity contribution in [1.82, 2.24) is 24.4 Å². The Hall–Kier alpha value is -2.01. The number of carbonyl (C=O) groups is 1. The Morgan fingerprint density at radius 2 is 2.15 bits per heavy atom. The third kappa shape index (κ3) is 2.93. The van der Waals surface area contributed by atoms with E-state index in [-0.39, 0.29) is 11.3 Å². The molecule has 2 rings (SSSR count). The summed E-state index contributed by atoms with van der Waals surface area (Å²) in [6.07, 6.45) is -3.82. The summed E-state index contributed by atoms with van der Waals surface area (Å²) in [6, 6.07) is 0. The molecule has 0 saturated carbocycles. The van der Waals surface area contributed by atoms with Crippen LogP contribution in [0.1, 0.15) is 10.5 Å². The highest BCUT2D eigenvalue weighted by atomic mass is 35.5. The molecule has 108 valence electrons. The predicted molar refractivity (Wildman–Crippen MR) is 57.2 cm³/mol. The second kappa shape index (κ2) is 5.17. The van der Waals surface area contributed by atoms with Crippen LogP contribution in [0.15, 0.2) is 11.1 Å². The molecule has 0 aliphatic rings. The van der Waals surface area contributed by atoms with Gasteiger partial charge in [0, 0.05) is 0 Å². The van der Waals surface area contributed by atoms with Crippen LogP contribution in [0.5, 0.6) is 0 Å². The summed E-state index contributed by atoms with van der Waals surface area (Å²) in [5.41, 5.74) is -1.27. The van der Waals surface area contributed by atoms with Crippen LogP contribution < -0.4 is 5.69 Å². The number of alkyl halides is 3. The van der Waals surface area contributed by atoms with Gasteiger partial charge in [-0.05, 0) is 11.6 Å². The number of aromatic nitrogens is 5. The molecule has 20 heavy (non-hydrogen) atoms. The van der Waals surface area contributed by atoms with Gasteiger partial charge in [0.2, 0.25) is 0 Å². The summed E-state index contributed by atoms with van der Waals surface area (Å²) in [5, 5.41) is 5.95. The molecular weight excluding hydrogens is 307 g/mol. The number of nitrogens with zero attached hydrogens (tertiary/aromatic N) is 5. The average molecular weight is 312 g/mol. The van der Waals surface area contributed by atoms with E-state index in [1.807, 2.05) is 0 Å². The molecule has 0 saturated heterocycles. The van der Waals surface area contributed by atoms with Crippen molar-refractivity contribution in [2.45, 2.75) is 12.9 Å². The van der Waals surface area contributed by atoms with Crippen LogP contribution in [0.2, 0.25) is 0 Å². The van der Waals surface area contributed by atoms with E-state index in [0.29, 0.717) is 4.68 Å². The van der Waals surface area contributed by atoms with Gasteiger partial charge >= 0.3 is 12.1 Å². The van der Waals surface area contributed by atoms with Crippen molar-refractivity contribution in [3.63, 3.8) is 0 Å². The monoisotopic (exact) mass is 311 g/mol. The molecule has 2 aromatic rings. The van der Waals surface area contributed by atoms with E-state index in [1.54, 1.807) is 0 Å². The van der Waals surface area contributed by atoms with E-state index >= 15 is 0 Å². The normalized spacial score (nSPS) is 12.0. The van der Waals surface area contributed by atoms with E-state index < -0.39 is 30.4 Å². The lowest BCUT2D eigenvalue weighted by atomic mass is 10.5. The summed E-state index contributed by atoms with van der Waals surface area (Å²) in [6.45, 7) is -1.27. The first-order valence-electron chi connectivity index (χ1n) is 5.01. The van der Waals surface area contributed by atoms with Gasteiger partial charge in [0.25, 0.3) is 5.24 Å². The van der Waals surface area contributed by atoms with Gasteiger partial charge in [0.1, 0.15) is 6.33 Å². The van der Waals surface area contributed by atoms with Gasteiger partial charge in [0.05, 0.1) is 13.2 Å². The summed E-state index contributed by atoms with van der Waals surface area (Å²) >= 11 is 5.21. The van der Waals surface area contributed by atoms with Crippen molar-refractivity contribution in [3.8, 4) is 0 Å². The topological polar surface area (TPSA) is 91.4 Å². The molecule has 0 spiro atoms. The number of imidazole rings is 1. The maximum atomic E-state index is 11.8. The maximum absolute atomic E-state index is 11.8.